The smallest absolute Gasteiger partial charge is 0.209 e. The van der Waals surface area contributed by atoms with Crippen LogP contribution in [0.5, 0.6) is 5.75 Å². The first-order valence-corrected chi connectivity index (χ1v) is 13.6. The van der Waals surface area contributed by atoms with Crippen molar-refractivity contribution in [2.75, 3.05) is 12.8 Å². The number of nitrogens with zero attached hydrogens (tertiary/aromatic N) is 2. The molecule has 0 saturated carbocycles. The fourth-order valence-electron chi connectivity index (χ4n) is 4.84. The molecule has 180 valence electrons. The number of hydrogen-bond acceptors (Lipinski definition) is 7. The largest absolute Gasteiger partial charge is 0.481 e. The van der Waals surface area contributed by atoms with Crippen LogP contribution >= 0.6 is 11.6 Å². The van der Waals surface area contributed by atoms with Crippen LogP contribution in [0.2, 0.25) is 5.02 Å². The number of ether oxygens (including phenoxy) is 1. The normalized spacial score (nSPS) is 17.3. The predicted octanol–water partition coefficient (Wildman–Crippen LogP) is 3.91. The van der Waals surface area contributed by atoms with E-state index in [0.29, 0.717) is 11.4 Å². The predicted molar refractivity (Wildman–Crippen MR) is 133 cm³/mol. The first kappa shape index (κ1) is 22.5. The third-order valence-electron chi connectivity index (χ3n) is 6.46. The van der Waals surface area contributed by atoms with Crippen molar-refractivity contribution in [2.45, 2.75) is 32.0 Å². The van der Waals surface area contributed by atoms with Crippen LogP contribution in [0, 0.1) is 0 Å². The highest BCUT2D eigenvalue weighted by molar-refractivity contribution is 7.88. The Balaban J connectivity index is 1.38. The summed E-state index contributed by atoms with van der Waals surface area (Å²) >= 11 is 6.54. The standard InChI is InChI=1S/C25H23ClN4O4S/c1-35(31,32)29-12-14-2-3-18-17(4-7-28-22(18)8-14)19-11-16(26)9-15-10-23(33-24(15)19)25-20-13-27-6-5-21(20)30-34-25/h2-4,7-9,11,23,27,29H,5-6,10,12-13H2,1H3/t23-/m1/s1. The minimum Gasteiger partial charge on any atom is -0.481 e. The first-order chi connectivity index (χ1) is 16.9. The number of aromatic nitrogens is 2. The molecule has 4 aromatic rings. The number of benzene rings is 2. The molecule has 0 fully saturated rings. The molecule has 2 aromatic heterocycles. The SMILES string of the molecule is CS(=O)(=O)NCc1ccc2c(-c3cc(Cl)cc4c3O[C@@H](c3onc5c3CNCC5)C4)ccnc2c1. The lowest BCUT2D eigenvalue weighted by Gasteiger charge is -2.15. The number of pyridine rings is 1. The fraction of sp³-hybridized carbons (Fsp3) is 0.280. The van der Waals surface area contributed by atoms with Crippen LogP contribution in [0.15, 0.2) is 47.1 Å². The van der Waals surface area contributed by atoms with Gasteiger partial charge < -0.3 is 14.6 Å². The third kappa shape index (κ3) is 4.29. The summed E-state index contributed by atoms with van der Waals surface area (Å²) in [6.45, 7) is 1.82. The Morgan fingerprint density at radius 1 is 1.20 bits per heavy atom. The number of sulfonamides is 1. The van der Waals surface area contributed by atoms with Gasteiger partial charge in [-0.05, 0) is 35.4 Å². The Kier molecular flexibility index (Phi) is 5.52. The van der Waals surface area contributed by atoms with E-state index in [-0.39, 0.29) is 12.6 Å². The van der Waals surface area contributed by atoms with Gasteiger partial charge in [-0.1, -0.05) is 28.9 Å². The van der Waals surface area contributed by atoms with E-state index in [4.69, 9.17) is 20.9 Å². The number of rotatable bonds is 5. The molecule has 0 aliphatic carbocycles. The van der Waals surface area contributed by atoms with E-state index in [9.17, 15) is 8.42 Å². The zero-order valence-corrected chi connectivity index (χ0v) is 20.5. The second-order valence-electron chi connectivity index (χ2n) is 8.95. The highest BCUT2D eigenvalue weighted by atomic mass is 35.5. The molecular formula is C25H23ClN4O4S. The van der Waals surface area contributed by atoms with Crippen molar-refractivity contribution in [3.63, 3.8) is 0 Å². The summed E-state index contributed by atoms with van der Waals surface area (Å²) in [6.07, 6.45) is 4.11. The van der Waals surface area contributed by atoms with E-state index in [0.717, 1.165) is 81.7 Å². The molecule has 2 N–H and O–H groups in total. The summed E-state index contributed by atoms with van der Waals surface area (Å²) in [7, 11) is -3.29. The van der Waals surface area contributed by atoms with Gasteiger partial charge in [0.05, 0.1) is 17.5 Å². The molecule has 0 radical (unpaired) electrons. The van der Waals surface area contributed by atoms with Gasteiger partial charge in [0.1, 0.15) is 5.75 Å². The molecule has 2 aromatic carbocycles. The highest BCUT2D eigenvalue weighted by Gasteiger charge is 2.34. The van der Waals surface area contributed by atoms with E-state index >= 15 is 0 Å². The first-order valence-electron chi connectivity index (χ1n) is 11.4. The van der Waals surface area contributed by atoms with Crippen LogP contribution in [-0.2, 0) is 36.0 Å². The molecule has 4 heterocycles. The van der Waals surface area contributed by atoms with Crippen molar-refractivity contribution in [1.29, 1.82) is 0 Å². The van der Waals surface area contributed by atoms with Gasteiger partial charge >= 0.3 is 0 Å². The van der Waals surface area contributed by atoms with Gasteiger partial charge in [0.25, 0.3) is 0 Å². The quantitative estimate of drug-likeness (QED) is 0.419. The van der Waals surface area contributed by atoms with Crippen LogP contribution in [-0.4, -0.2) is 31.4 Å². The Bertz CT molecular complexity index is 1570. The van der Waals surface area contributed by atoms with Gasteiger partial charge in [-0.25, -0.2) is 13.1 Å². The van der Waals surface area contributed by atoms with E-state index in [1.807, 2.05) is 36.4 Å². The van der Waals surface area contributed by atoms with Gasteiger partial charge in [0.2, 0.25) is 10.0 Å². The lowest BCUT2D eigenvalue weighted by molar-refractivity contribution is 0.189. The van der Waals surface area contributed by atoms with Crippen LogP contribution in [0.3, 0.4) is 0 Å². The second kappa shape index (κ2) is 8.60. The highest BCUT2D eigenvalue weighted by Crippen LogP contribution is 2.47. The lowest BCUT2D eigenvalue weighted by atomic mass is 9.96. The summed E-state index contributed by atoms with van der Waals surface area (Å²) in [4.78, 5) is 4.51. The van der Waals surface area contributed by atoms with Crippen LogP contribution < -0.4 is 14.8 Å². The Labute approximate surface area is 207 Å². The van der Waals surface area contributed by atoms with Crippen LogP contribution in [0.1, 0.15) is 34.2 Å². The number of nitrogens with one attached hydrogen (secondary N) is 2. The molecule has 0 amide bonds. The number of fused-ring (bicyclic) bond motifs is 3. The fourth-order valence-corrected chi connectivity index (χ4v) is 5.51. The Morgan fingerprint density at radius 3 is 2.94 bits per heavy atom. The minimum atomic E-state index is -3.29. The summed E-state index contributed by atoms with van der Waals surface area (Å²) in [6, 6.07) is 11.5. The second-order valence-corrected chi connectivity index (χ2v) is 11.2. The Hall–Kier alpha value is -2.98. The molecule has 10 heteroatoms. The average Bonchev–Trinajstić information content (AvgIpc) is 3.45. The molecule has 6 rings (SSSR count). The number of hydrogen-bond donors (Lipinski definition) is 2. The average molecular weight is 511 g/mol. The molecule has 35 heavy (non-hydrogen) atoms. The summed E-state index contributed by atoms with van der Waals surface area (Å²) in [5.74, 6) is 1.55. The molecule has 0 unspecified atom stereocenters. The number of halogens is 1. The van der Waals surface area contributed by atoms with Gasteiger partial charge in [-0.15, -0.1) is 0 Å². The maximum atomic E-state index is 11.5. The zero-order chi connectivity index (χ0) is 24.2. The lowest BCUT2D eigenvalue weighted by Crippen LogP contribution is -2.24. The van der Waals surface area contributed by atoms with Gasteiger partial charge in [-0.3, -0.25) is 4.98 Å². The molecule has 2 aliphatic heterocycles. The van der Waals surface area contributed by atoms with E-state index < -0.39 is 10.0 Å². The maximum absolute atomic E-state index is 11.5. The van der Waals surface area contributed by atoms with Gasteiger partial charge in [-0.2, -0.15) is 0 Å². The minimum absolute atomic E-state index is 0.203. The van der Waals surface area contributed by atoms with Crippen molar-refractivity contribution >= 4 is 32.5 Å². The van der Waals surface area contributed by atoms with Crippen LogP contribution in [0.4, 0.5) is 0 Å². The van der Waals surface area contributed by atoms with E-state index in [1.165, 1.54) is 0 Å². The van der Waals surface area contributed by atoms with Gasteiger partial charge in [0, 0.05) is 65.8 Å². The summed E-state index contributed by atoms with van der Waals surface area (Å²) in [5, 5.41) is 9.20. The van der Waals surface area contributed by atoms with Crippen molar-refractivity contribution in [3.8, 4) is 16.9 Å². The maximum Gasteiger partial charge on any atom is 0.209 e. The van der Waals surface area contributed by atoms with E-state index in [1.54, 1.807) is 6.20 Å². The topological polar surface area (TPSA) is 106 Å². The summed E-state index contributed by atoms with van der Waals surface area (Å²) < 4.78 is 37.7. The van der Waals surface area contributed by atoms with Crippen LogP contribution in [0.25, 0.3) is 22.0 Å². The molecule has 0 saturated heterocycles. The van der Waals surface area contributed by atoms with Crippen molar-refractivity contribution < 1.29 is 17.7 Å². The Morgan fingerprint density at radius 2 is 2.09 bits per heavy atom. The van der Waals surface area contributed by atoms with Crippen molar-refractivity contribution in [2.24, 2.45) is 0 Å². The molecule has 1 atom stereocenters. The molecule has 8 nitrogen and oxygen atoms in total. The van der Waals surface area contributed by atoms with Crippen molar-refractivity contribution in [1.82, 2.24) is 20.2 Å². The third-order valence-corrected chi connectivity index (χ3v) is 7.35. The molecular weight excluding hydrogens is 488 g/mol. The summed E-state index contributed by atoms with van der Waals surface area (Å²) in [5.41, 5.74) is 6.52. The monoisotopic (exact) mass is 510 g/mol. The molecule has 0 spiro atoms. The van der Waals surface area contributed by atoms with Crippen molar-refractivity contribution in [3.05, 3.63) is 75.8 Å². The molecule has 2 aliphatic rings. The van der Waals surface area contributed by atoms with Gasteiger partial charge in [0.15, 0.2) is 11.9 Å². The molecule has 0 bridgehead atoms. The van der Waals surface area contributed by atoms with E-state index in [2.05, 4.69) is 20.2 Å². The zero-order valence-electron chi connectivity index (χ0n) is 19.0.